The second-order valence-corrected chi connectivity index (χ2v) is 12.9. The summed E-state index contributed by atoms with van der Waals surface area (Å²) in [5.41, 5.74) is 14.4. The van der Waals surface area contributed by atoms with Gasteiger partial charge in [-0.1, -0.05) is 152 Å². The molecule has 0 aliphatic heterocycles. The lowest BCUT2D eigenvalue weighted by molar-refractivity contribution is 1.18. The summed E-state index contributed by atoms with van der Waals surface area (Å²) in [6.07, 6.45) is 0. The zero-order valence-corrected chi connectivity index (χ0v) is 27.4. The van der Waals surface area contributed by atoms with Gasteiger partial charge >= 0.3 is 0 Å². The first-order valence-electron chi connectivity index (χ1n) is 17.2. The van der Waals surface area contributed by atoms with Gasteiger partial charge < -0.3 is 9.13 Å². The minimum absolute atomic E-state index is 1.15. The first-order chi connectivity index (χ1) is 24.8. The second-order valence-electron chi connectivity index (χ2n) is 12.9. The molecule has 0 bridgehead atoms. The molecule has 10 rings (SSSR count). The monoisotopic (exact) mass is 636 g/mol. The summed E-state index contributed by atoms with van der Waals surface area (Å²) in [4.78, 5) is 0. The number of fused-ring (bicyclic) bond motifs is 6. The lowest BCUT2D eigenvalue weighted by Gasteiger charge is -2.14. The fraction of sp³-hybridized carbons (Fsp3) is 0. The number of benzene rings is 8. The number of aromatic nitrogens is 2. The van der Waals surface area contributed by atoms with Crippen LogP contribution in [0.1, 0.15) is 0 Å². The Labute approximate surface area is 290 Å². The van der Waals surface area contributed by atoms with Gasteiger partial charge in [-0.25, -0.2) is 0 Å². The summed E-state index contributed by atoms with van der Waals surface area (Å²) < 4.78 is 4.88. The Morgan fingerprint density at radius 3 is 1.56 bits per heavy atom. The molecule has 0 spiro atoms. The quantitative estimate of drug-likeness (QED) is 0.178. The predicted octanol–water partition coefficient (Wildman–Crippen LogP) is 12.9. The summed E-state index contributed by atoms with van der Waals surface area (Å²) in [7, 11) is 0. The summed E-state index contributed by atoms with van der Waals surface area (Å²) in [5, 5.41) is 5.01. The lowest BCUT2D eigenvalue weighted by atomic mass is 9.97. The van der Waals surface area contributed by atoms with Gasteiger partial charge in [0.15, 0.2) is 0 Å². The number of para-hydroxylation sites is 3. The maximum absolute atomic E-state index is 2.47. The van der Waals surface area contributed by atoms with E-state index in [2.05, 4.69) is 203 Å². The maximum atomic E-state index is 2.47. The van der Waals surface area contributed by atoms with Crippen LogP contribution >= 0.6 is 0 Å². The lowest BCUT2D eigenvalue weighted by Crippen LogP contribution is -1.96. The third kappa shape index (κ3) is 4.43. The number of hydrogen-bond acceptors (Lipinski definition) is 0. The Morgan fingerprint density at radius 1 is 0.280 bits per heavy atom. The third-order valence-electron chi connectivity index (χ3n) is 10.1. The van der Waals surface area contributed by atoms with Crippen molar-refractivity contribution in [1.82, 2.24) is 9.13 Å². The summed E-state index contributed by atoms with van der Waals surface area (Å²) in [6.45, 7) is 0. The molecule has 2 heteroatoms. The molecule has 234 valence electrons. The van der Waals surface area contributed by atoms with Gasteiger partial charge in [0.2, 0.25) is 0 Å². The zero-order chi connectivity index (χ0) is 33.0. The molecule has 0 saturated carbocycles. The van der Waals surface area contributed by atoms with Crippen LogP contribution in [0.25, 0.3) is 88.4 Å². The molecule has 0 atom stereocenters. The fourth-order valence-corrected chi connectivity index (χ4v) is 7.91. The Kier molecular flexibility index (Phi) is 6.53. The van der Waals surface area contributed by atoms with Crippen LogP contribution in [0.3, 0.4) is 0 Å². The topological polar surface area (TPSA) is 9.86 Å². The normalized spacial score (nSPS) is 11.6. The van der Waals surface area contributed by atoms with Crippen molar-refractivity contribution in [3.05, 3.63) is 194 Å². The molecule has 0 unspecified atom stereocenters. The maximum Gasteiger partial charge on any atom is 0.0619 e. The van der Waals surface area contributed by atoms with Crippen molar-refractivity contribution in [3.63, 3.8) is 0 Å². The van der Waals surface area contributed by atoms with E-state index in [1.54, 1.807) is 0 Å². The Balaban J connectivity index is 1.24. The molecule has 10 aromatic rings. The van der Waals surface area contributed by atoms with Gasteiger partial charge in [0.1, 0.15) is 0 Å². The smallest absolute Gasteiger partial charge is 0.0619 e. The first kappa shape index (κ1) is 28.4. The van der Waals surface area contributed by atoms with Gasteiger partial charge in [-0.15, -0.1) is 0 Å². The molecule has 50 heavy (non-hydrogen) atoms. The largest absolute Gasteiger partial charge is 0.309 e. The highest BCUT2D eigenvalue weighted by molar-refractivity contribution is 6.20. The SMILES string of the molecule is c1ccc(-c2ccc(-n3c4ccccc4c4c(-c5cccc6c7ccccc7n(-c7cccc(-c8ccccc8)c7)c56)cccc43)cc2)cc1. The zero-order valence-electron chi connectivity index (χ0n) is 27.4. The molecule has 2 aromatic heterocycles. The average molecular weight is 637 g/mol. The second kappa shape index (κ2) is 11.5. The minimum atomic E-state index is 1.15. The van der Waals surface area contributed by atoms with Crippen molar-refractivity contribution in [2.75, 3.05) is 0 Å². The summed E-state index contributed by atoms with van der Waals surface area (Å²) in [6, 6.07) is 70.4. The van der Waals surface area contributed by atoms with Crippen molar-refractivity contribution in [1.29, 1.82) is 0 Å². The molecule has 2 heterocycles. The van der Waals surface area contributed by atoms with Crippen molar-refractivity contribution in [2.24, 2.45) is 0 Å². The summed E-state index contributed by atoms with van der Waals surface area (Å²) >= 11 is 0. The van der Waals surface area contributed by atoms with E-state index in [4.69, 9.17) is 0 Å². The number of nitrogens with zero attached hydrogens (tertiary/aromatic N) is 2. The van der Waals surface area contributed by atoms with Crippen LogP contribution < -0.4 is 0 Å². The molecule has 0 saturated heterocycles. The van der Waals surface area contributed by atoms with Gasteiger partial charge in [-0.3, -0.25) is 0 Å². The predicted molar refractivity (Wildman–Crippen MR) is 211 cm³/mol. The van der Waals surface area contributed by atoms with E-state index in [1.165, 1.54) is 77.0 Å². The van der Waals surface area contributed by atoms with Gasteiger partial charge in [0.05, 0.1) is 22.1 Å². The highest BCUT2D eigenvalue weighted by Crippen LogP contribution is 2.43. The van der Waals surface area contributed by atoms with Crippen LogP contribution in [0.5, 0.6) is 0 Å². The van der Waals surface area contributed by atoms with E-state index in [0.717, 1.165) is 11.4 Å². The van der Waals surface area contributed by atoms with Crippen LogP contribution in [-0.4, -0.2) is 9.13 Å². The van der Waals surface area contributed by atoms with Crippen LogP contribution in [0, 0.1) is 0 Å². The molecule has 0 amide bonds. The average Bonchev–Trinajstić information content (AvgIpc) is 3.72. The van der Waals surface area contributed by atoms with E-state index in [1.807, 2.05) is 0 Å². The van der Waals surface area contributed by atoms with E-state index >= 15 is 0 Å². The highest BCUT2D eigenvalue weighted by atomic mass is 15.0. The van der Waals surface area contributed by atoms with Crippen LogP contribution in [-0.2, 0) is 0 Å². The molecule has 0 N–H and O–H groups in total. The van der Waals surface area contributed by atoms with E-state index < -0.39 is 0 Å². The molecule has 0 radical (unpaired) electrons. The molecule has 8 aromatic carbocycles. The fourth-order valence-electron chi connectivity index (χ4n) is 7.91. The molecular weight excluding hydrogens is 605 g/mol. The highest BCUT2D eigenvalue weighted by Gasteiger charge is 2.21. The van der Waals surface area contributed by atoms with Gasteiger partial charge in [-0.05, 0) is 70.3 Å². The summed E-state index contributed by atoms with van der Waals surface area (Å²) in [5.74, 6) is 0. The van der Waals surface area contributed by atoms with E-state index in [-0.39, 0.29) is 0 Å². The van der Waals surface area contributed by atoms with Gasteiger partial charge in [-0.2, -0.15) is 0 Å². The van der Waals surface area contributed by atoms with Crippen molar-refractivity contribution in [3.8, 4) is 44.8 Å². The minimum Gasteiger partial charge on any atom is -0.309 e. The van der Waals surface area contributed by atoms with Crippen LogP contribution in [0.15, 0.2) is 194 Å². The van der Waals surface area contributed by atoms with Crippen LogP contribution in [0.4, 0.5) is 0 Å². The number of hydrogen-bond donors (Lipinski definition) is 0. The van der Waals surface area contributed by atoms with Crippen LogP contribution in [0.2, 0.25) is 0 Å². The molecule has 0 aliphatic carbocycles. The number of rotatable bonds is 5. The van der Waals surface area contributed by atoms with Crippen molar-refractivity contribution < 1.29 is 0 Å². The first-order valence-corrected chi connectivity index (χ1v) is 17.2. The Morgan fingerprint density at radius 2 is 0.800 bits per heavy atom. The third-order valence-corrected chi connectivity index (χ3v) is 10.1. The van der Waals surface area contributed by atoms with Gasteiger partial charge in [0, 0.05) is 38.5 Å². The Hall–Kier alpha value is -6.64. The van der Waals surface area contributed by atoms with E-state index in [0.29, 0.717) is 0 Å². The molecule has 0 aliphatic rings. The molecule has 2 nitrogen and oxygen atoms in total. The van der Waals surface area contributed by atoms with E-state index in [9.17, 15) is 0 Å². The van der Waals surface area contributed by atoms with Crippen molar-refractivity contribution in [2.45, 2.75) is 0 Å². The Bertz CT molecular complexity index is 2840. The standard InChI is InChI=1S/C48H32N2/c1-3-14-33(15-4-1)35-28-30-37(31-29-35)49-45-26-10-8-21-43(45)47-40(22-13-27-46(47)49)42-24-12-23-41-39-20-7-9-25-44(39)50(48(41)42)38-19-11-18-36(32-38)34-16-5-2-6-17-34/h1-32H. The van der Waals surface area contributed by atoms with Crippen molar-refractivity contribution >= 4 is 43.6 Å². The molecule has 0 fully saturated rings. The van der Waals surface area contributed by atoms with Gasteiger partial charge in [0.25, 0.3) is 0 Å². The molecular formula is C48H32N2.